The molecular weight excluding hydrogens is 280 g/mol. The number of carbonyl (C=O) groups is 1. The van der Waals surface area contributed by atoms with Crippen molar-refractivity contribution >= 4 is 21.8 Å². The van der Waals surface area contributed by atoms with E-state index in [9.17, 15) is 4.79 Å². The van der Waals surface area contributed by atoms with E-state index in [1.54, 1.807) is 0 Å². The number of hydrogen-bond acceptors (Lipinski definition) is 2. The fourth-order valence-corrected chi connectivity index (χ4v) is 2.50. The Hall–Kier alpha value is -0.870. The van der Waals surface area contributed by atoms with Crippen molar-refractivity contribution < 1.29 is 4.79 Å². The van der Waals surface area contributed by atoms with E-state index >= 15 is 0 Å². The number of rotatable bonds is 2. The van der Waals surface area contributed by atoms with Crippen LogP contribution in [-0.2, 0) is 0 Å². The average Bonchev–Trinajstić information content (AvgIpc) is 2.80. The predicted molar refractivity (Wildman–Crippen MR) is 71.9 cm³/mol. The summed E-state index contributed by atoms with van der Waals surface area (Å²) in [5.74, 6) is 0.578. The molecule has 0 aromatic heterocycles. The summed E-state index contributed by atoms with van der Waals surface area (Å²) in [5, 5.41) is 0. The van der Waals surface area contributed by atoms with E-state index in [0.717, 1.165) is 35.1 Å². The van der Waals surface area contributed by atoms with Gasteiger partial charge in [0, 0.05) is 23.1 Å². The molecule has 0 bridgehead atoms. The Bertz CT molecular complexity index is 433. The molecule has 0 spiro atoms. The first-order valence-corrected chi connectivity index (χ1v) is 6.66. The minimum absolute atomic E-state index is 0.113. The molecule has 0 radical (unpaired) electrons. The van der Waals surface area contributed by atoms with Gasteiger partial charge in [0.25, 0.3) is 5.91 Å². The maximum atomic E-state index is 12.2. The molecular formula is C13H17BrN2O. The second-order valence-corrected chi connectivity index (χ2v) is 5.46. The van der Waals surface area contributed by atoms with Gasteiger partial charge < -0.3 is 10.6 Å². The van der Waals surface area contributed by atoms with Crippen molar-refractivity contribution in [2.75, 3.05) is 19.6 Å². The number of hydrogen-bond donors (Lipinski definition) is 1. The highest BCUT2D eigenvalue weighted by molar-refractivity contribution is 9.10. The van der Waals surface area contributed by atoms with Crippen LogP contribution in [0.3, 0.4) is 0 Å². The molecule has 1 saturated heterocycles. The Morgan fingerprint density at radius 3 is 2.94 bits per heavy atom. The molecule has 0 unspecified atom stereocenters. The molecule has 1 fully saturated rings. The number of amides is 1. The van der Waals surface area contributed by atoms with E-state index in [0.29, 0.717) is 12.5 Å². The minimum Gasteiger partial charge on any atom is -0.338 e. The van der Waals surface area contributed by atoms with Crippen molar-refractivity contribution in [2.45, 2.75) is 13.3 Å². The van der Waals surface area contributed by atoms with Crippen LogP contribution in [0.1, 0.15) is 22.3 Å². The van der Waals surface area contributed by atoms with Gasteiger partial charge in [0.2, 0.25) is 0 Å². The Morgan fingerprint density at radius 2 is 2.35 bits per heavy atom. The quantitative estimate of drug-likeness (QED) is 0.909. The smallest absolute Gasteiger partial charge is 0.253 e. The van der Waals surface area contributed by atoms with E-state index in [1.807, 2.05) is 30.0 Å². The molecule has 1 heterocycles. The first-order chi connectivity index (χ1) is 8.11. The number of likely N-dealkylation sites (tertiary alicyclic amines) is 1. The molecule has 1 aromatic rings. The summed E-state index contributed by atoms with van der Waals surface area (Å²) in [5.41, 5.74) is 7.52. The van der Waals surface area contributed by atoms with Crippen LogP contribution in [0.15, 0.2) is 22.7 Å². The van der Waals surface area contributed by atoms with Crippen LogP contribution in [0.4, 0.5) is 0 Å². The normalized spacial score (nSPS) is 19.7. The predicted octanol–water partition coefficient (Wildman–Crippen LogP) is 2.18. The Balaban J connectivity index is 2.12. The third-order valence-electron chi connectivity index (χ3n) is 3.33. The largest absolute Gasteiger partial charge is 0.338 e. The number of halogens is 1. The lowest BCUT2D eigenvalue weighted by atomic mass is 10.1. The monoisotopic (exact) mass is 296 g/mol. The van der Waals surface area contributed by atoms with Gasteiger partial charge in [-0.1, -0.05) is 22.0 Å². The van der Waals surface area contributed by atoms with Gasteiger partial charge in [0.15, 0.2) is 0 Å². The third kappa shape index (κ3) is 2.69. The van der Waals surface area contributed by atoms with E-state index in [1.165, 1.54) is 0 Å². The van der Waals surface area contributed by atoms with Gasteiger partial charge in [0.05, 0.1) is 0 Å². The second kappa shape index (κ2) is 5.19. The summed E-state index contributed by atoms with van der Waals surface area (Å²) < 4.78 is 0.984. The van der Waals surface area contributed by atoms with E-state index in [-0.39, 0.29) is 5.91 Å². The van der Waals surface area contributed by atoms with Crippen LogP contribution < -0.4 is 5.73 Å². The minimum atomic E-state index is 0.113. The topological polar surface area (TPSA) is 46.3 Å². The van der Waals surface area contributed by atoms with Gasteiger partial charge in [-0.05, 0) is 43.5 Å². The molecule has 92 valence electrons. The fourth-order valence-electron chi connectivity index (χ4n) is 2.12. The van der Waals surface area contributed by atoms with Crippen LogP contribution in [0.25, 0.3) is 0 Å². The Labute approximate surface area is 110 Å². The lowest BCUT2D eigenvalue weighted by Crippen LogP contribution is -2.29. The van der Waals surface area contributed by atoms with Gasteiger partial charge >= 0.3 is 0 Å². The van der Waals surface area contributed by atoms with Crippen LogP contribution in [0, 0.1) is 12.8 Å². The van der Waals surface area contributed by atoms with Crippen LogP contribution in [0.5, 0.6) is 0 Å². The molecule has 2 rings (SSSR count). The number of nitrogens with two attached hydrogens (primary N) is 1. The Kier molecular flexibility index (Phi) is 3.84. The summed E-state index contributed by atoms with van der Waals surface area (Å²) in [6.45, 7) is 4.30. The van der Waals surface area contributed by atoms with Crippen LogP contribution in [0.2, 0.25) is 0 Å². The molecule has 0 aliphatic carbocycles. The highest BCUT2D eigenvalue weighted by Crippen LogP contribution is 2.21. The second-order valence-electron chi connectivity index (χ2n) is 4.61. The molecule has 2 N–H and O–H groups in total. The van der Waals surface area contributed by atoms with Gasteiger partial charge in [-0.15, -0.1) is 0 Å². The summed E-state index contributed by atoms with van der Waals surface area (Å²) >= 11 is 3.46. The number of nitrogens with zero attached hydrogens (tertiary/aromatic N) is 1. The lowest BCUT2D eigenvalue weighted by Gasteiger charge is -2.16. The molecule has 1 atom stereocenters. The van der Waals surface area contributed by atoms with Gasteiger partial charge in [-0.3, -0.25) is 4.79 Å². The van der Waals surface area contributed by atoms with Crippen LogP contribution >= 0.6 is 15.9 Å². The maximum Gasteiger partial charge on any atom is 0.253 e. The summed E-state index contributed by atoms with van der Waals surface area (Å²) in [7, 11) is 0. The standard InChI is InChI=1S/C13H17BrN2O/c1-9-2-3-11(6-12(9)14)13(17)16-5-4-10(7-15)8-16/h2-3,6,10H,4-5,7-8,15H2,1H3/t10-/m1/s1. The van der Waals surface area contributed by atoms with Crippen molar-refractivity contribution in [2.24, 2.45) is 11.7 Å². The molecule has 4 heteroatoms. The van der Waals surface area contributed by atoms with Crippen LogP contribution in [-0.4, -0.2) is 30.4 Å². The lowest BCUT2D eigenvalue weighted by molar-refractivity contribution is 0.0787. The van der Waals surface area contributed by atoms with E-state index < -0.39 is 0 Å². The molecule has 1 aliphatic heterocycles. The van der Waals surface area contributed by atoms with Gasteiger partial charge in [-0.2, -0.15) is 0 Å². The zero-order valence-electron chi connectivity index (χ0n) is 9.95. The zero-order valence-corrected chi connectivity index (χ0v) is 11.5. The van der Waals surface area contributed by atoms with E-state index in [2.05, 4.69) is 15.9 Å². The number of carbonyl (C=O) groups excluding carboxylic acids is 1. The van der Waals surface area contributed by atoms with Crippen molar-refractivity contribution in [3.63, 3.8) is 0 Å². The van der Waals surface area contributed by atoms with Crippen molar-refractivity contribution in [3.8, 4) is 0 Å². The molecule has 0 saturated carbocycles. The van der Waals surface area contributed by atoms with Gasteiger partial charge in [-0.25, -0.2) is 0 Å². The van der Waals surface area contributed by atoms with Crippen molar-refractivity contribution in [3.05, 3.63) is 33.8 Å². The maximum absolute atomic E-state index is 12.2. The molecule has 3 nitrogen and oxygen atoms in total. The highest BCUT2D eigenvalue weighted by atomic mass is 79.9. The molecule has 1 aliphatic rings. The Morgan fingerprint density at radius 1 is 1.59 bits per heavy atom. The molecule has 1 amide bonds. The zero-order chi connectivity index (χ0) is 12.4. The first-order valence-electron chi connectivity index (χ1n) is 5.87. The summed E-state index contributed by atoms with van der Waals surface area (Å²) in [6.07, 6.45) is 1.02. The van der Waals surface area contributed by atoms with E-state index in [4.69, 9.17) is 5.73 Å². The van der Waals surface area contributed by atoms with Gasteiger partial charge in [0.1, 0.15) is 0 Å². The first kappa shape index (κ1) is 12.6. The molecule has 1 aromatic carbocycles. The SMILES string of the molecule is Cc1ccc(C(=O)N2CC[C@H](CN)C2)cc1Br. The molecule has 17 heavy (non-hydrogen) atoms. The third-order valence-corrected chi connectivity index (χ3v) is 4.18. The average molecular weight is 297 g/mol. The highest BCUT2D eigenvalue weighted by Gasteiger charge is 2.26. The summed E-state index contributed by atoms with van der Waals surface area (Å²) in [6, 6.07) is 5.75. The van der Waals surface area contributed by atoms with Crippen molar-refractivity contribution in [1.29, 1.82) is 0 Å². The van der Waals surface area contributed by atoms with Crippen molar-refractivity contribution in [1.82, 2.24) is 4.90 Å². The summed E-state index contributed by atoms with van der Waals surface area (Å²) in [4.78, 5) is 14.1. The fraction of sp³-hybridized carbons (Fsp3) is 0.462. The number of benzene rings is 1. The number of aryl methyl sites for hydroxylation is 1.